The van der Waals surface area contributed by atoms with Crippen LogP contribution in [-0.4, -0.2) is 61.4 Å². The van der Waals surface area contributed by atoms with Gasteiger partial charge < -0.3 is 14.5 Å². The van der Waals surface area contributed by atoms with Crippen LogP contribution in [0.1, 0.15) is 42.8 Å². The van der Waals surface area contributed by atoms with Crippen molar-refractivity contribution in [3.05, 3.63) is 39.2 Å². The van der Waals surface area contributed by atoms with Crippen LogP contribution in [0.4, 0.5) is 11.8 Å². The van der Waals surface area contributed by atoms with Crippen molar-refractivity contribution in [3.8, 4) is 0 Å². The van der Waals surface area contributed by atoms with Crippen LogP contribution in [0.15, 0.2) is 11.1 Å². The first-order valence-corrected chi connectivity index (χ1v) is 11.1. The van der Waals surface area contributed by atoms with Gasteiger partial charge in [0.2, 0.25) is 5.95 Å². The molecular weight excluding hydrogens is 396 g/mol. The predicted octanol–water partition coefficient (Wildman–Crippen LogP) is 0.873. The Bertz CT molecular complexity index is 1210. The highest BCUT2D eigenvalue weighted by molar-refractivity contribution is 5.57. The Morgan fingerprint density at radius 1 is 1.03 bits per heavy atom. The summed E-state index contributed by atoms with van der Waals surface area (Å²) in [6.07, 6.45) is 5.48. The number of fused-ring (bicyclic) bond motifs is 3. The molecule has 1 N–H and O–H groups in total. The zero-order chi connectivity index (χ0) is 21.1. The number of anilines is 2. The van der Waals surface area contributed by atoms with Crippen molar-refractivity contribution in [1.29, 1.82) is 0 Å². The minimum Gasteiger partial charge on any atom is -0.372 e. The Morgan fingerprint density at radius 2 is 1.87 bits per heavy atom. The minimum absolute atomic E-state index is 0.0303. The summed E-state index contributed by atoms with van der Waals surface area (Å²) >= 11 is 0. The Labute approximate surface area is 179 Å². The van der Waals surface area contributed by atoms with E-state index in [-0.39, 0.29) is 17.8 Å². The Kier molecular flexibility index (Phi) is 4.24. The van der Waals surface area contributed by atoms with Crippen molar-refractivity contribution in [3.63, 3.8) is 0 Å². The van der Waals surface area contributed by atoms with Crippen LogP contribution >= 0.6 is 0 Å². The number of aromatic amines is 1. The van der Waals surface area contributed by atoms with Crippen LogP contribution in [0, 0.1) is 0 Å². The molecule has 2 atom stereocenters. The van der Waals surface area contributed by atoms with Gasteiger partial charge >= 0.3 is 0 Å². The van der Waals surface area contributed by atoms with E-state index >= 15 is 0 Å². The molecule has 5 heterocycles. The van der Waals surface area contributed by atoms with E-state index < -0.39 is 0 Å². The Hall–Kier alpha value is -3.01. The van der Waals surface area contributed by atoms with Gasteiger partial charge in [-0.1, -0.05) is 0 Å². The molecule has 1 fully saturated rings. The van der Waals surface area contributed by atoms with Crippen LogP contribution in [0.25, 0.3) is 5.78 Å². The normalized spacial score (nSPS) is 23.3. The van der Waals surface area contributed by atoms with E-state index in [1.807, 2.05) is 18.4 Å². The van der Waals surface area contributed by atoms with Crippen molar-refractivity contribution >= 4 is 17.5 Å². The number of hydrogen-bond acceptors (Lipinski definition) is 8. The van der Waals surface area contributed by atoms with Crippen LogP contribution in [0.2, 0.25) is 0 Å². The van der Waals surface area contributed by atoms with Gasteiger partial charge in [-0.3, -0.25) is 9.78 Å². The van der Waals surface area contributed by atoms with Gasteiger partial charge in [0, 0.05) is 30.8 Å². The van der Waals surface area contributed by atoms with E-state index in [4.69, 9.17) is 14.7 Å². The summed E-state index contributed by atoms with van der Waals surface area (Å²) in [5, 5.41) is 4.44. The zero-order valence-electron chi connectivity index (χ0n) is 17.8. The topological polar surface area (TPSA) is 105 Å². The van der Waals surface area contributed by atoms with E-state index in [0.717, 1.165) is 48.6 Å². The number of H-pyrrole nitrogens is 1. The molecule has 1 aliphatic carbocycles. The van der Waals surface area contributed by atoms with E-state index in [9.17, 15) is 4.79 Å². The smallest absolute Gasteiger partial charge is 0.255 e. The molecule has 0 radical (unpaired) electrons. The van der Waals surface area contributed by atoms with Crippen molar-refractivity contribution in [2.75, 3.05) is 29.4 Å². The second kappa shape index (κ2) is 7.01. The summed E-state index contributed by atoms with van der Waals surface area (Å²) in [4.78, 5) is 34.2. The second-order valence-corrected chi connectivity index (χ2v) is 8.83. The molecule has 0 bridgehead atoms. The number of aryl methyl sites for hydroxylation is 1. The lowest BCUT2D eigenvalue weighted by Crippen LogP contribution is -2.47. The molecule has 0 spiro atoms. The van der Waals surface area contributed by atoms with Gasteiger partial charge in [0.1, 0.15) is 12.1 Å². The number of nitrogens with zero attached hydrogens (tertiary/aromatic N) is 7. The molecule has 6 rings (SSSR count). The molecule has 0 amide bonds. The van der Waals surface area contributed by atoms with Crippen molar-refractivity contribution in [2.45, 2.75) is 58.3 Å². The standard InChI is InChI=1S/C21H26N8O2/c1-12-8-28(9-13(2)31-12)21-25-17-10-27(7-6-14(17)18(30)26-21)19-15-4-3-5-16(15)24-20-22-11-23-29(19)20/h11-13H,3-10H2,1-2H3,(H,25,26,30)/t12-,13+. The van der Waals surface area contributed by atoms with Crippen LogP contribution in [-0.2, 0) is 30.5 Å². The highest BCUT2D eigenvalue weighted by Gasteiger charge is 2.30. The van der Waals surface area contributed by atoms with Crippen molar-refractivity contribution in [2.24, 2.45) is 0 Å². The lowest BCUT2D eigenvalue weighted by atomic mass is 10.1. The minimum atomic E-state index is -0.0303. The maximum atomic E-state index is 12.9. The number of hydrogen-bond donors (Lipinski definition) is 1. The second-order valence-electron chi connectivity index (χ2n) is 8.83. The Balaban J connectivity index is 1.39. The fourth-order valence-corrected chi connectivity index (χ4v) is 5.23. The fraction of sp³-hybridized carbons (Fsp3) is 0.571. The summed E-state index contributed by atoms with van der Waals surface area (Å²) < 4.78 is 7.68. The number of rotatable bonds is 2. The van der Waals surface area contributed by atoms with E-state index in [0.29, 0.717) is 37.8 Å². The quantitative estimate of drug-likeness (QED) is 0.649. The van der Waals surface area contributed by atoms with Crippen LogP contribution in [0.3, 0.4) is 0 Å². The molecule has 2 aliphatic heterocycles. The number of aromatic nitrogens is 6. The number of morpholine rings is 1. The number of ether oxygens (including phenoxy) is 1. The lowest BCUT2D eigenvalue weighted by molar-refractivity contribution is -0.00575. The fourth-order valence-electron chi connectivity index (χ4n) is 5.23. The molecule has 0 aromatic carbocycles. The molecule has 0 saturated carbocycles. The van der Waals surface area contributed by atoms with Gasteiger partial charge in [-0.05, 0) is 39.5 Å². The molecule has 162 valence electrons. The first-order chi connectivity index (χ1) is 15.1. The average molecular weight is 422 g/mol. The van der Waals surface area contributed by atoms with Gasteiger partial charge in [0.05, 0.1) is 30.1 Å². The molecule has 0 unspecified atom stereocenters. The van der Waals surface area contributed by atoms with E-state index in [1.54, 1.807) is 6.33 Å². The SMILES string of the molecule is C[C@@H]1CN(c2nc3c(c(=O)[nH]2)CCN(c2c4c(nc5ncnn25)CCC4)C3)C[C@H](C)O1. The maximum absolute atomic E-state index is 12.9. The third kappa shape index (κ3) is 3.08. The molecule has 10 nitrogen and oxygen atoms in total. The van der Waals surface area contributed by atoms with E-state index in [2.05, 4.69) is 24.9 Å². The predicted molar refractivity (Wildman–Crippen MR) is 115 cm³/mol. The molecule has 10 heteroatoms. The molecule has 3 aromatic heterocycles. The summed E-state index contributed by atoms with van der Waals surface area (Å²) in [5.74, 6) is 2.33. The Morgan fingerprint density at radius 3 is 2.71 bits per heavy atom. The van der Waals surface area contributed by atoms with Gasteiger partial charge in [-0.25, -0.2) is 9.97 Å². The molecule has 3 aromatic rings. The van der Waals surface area contributed by atoms with Crippen molar-refractivity contribution < 1.29 is 4.74 Å². The maximum Gasteiger partial charge on any atom is 0.255 e. The zero-order valence-corrected chi connectivity index (χ0v) is 17.8. The van der Waals surface area contributed by atoms with Gasteiger partial charge in [-0.15, -0.1) is 0 Å². The summed E-state index contributed by atoms with van der Waals surface area (Å²) in [5.41, 5.74) is 3.97. The third-order valence-electron chi connectivity index (χ3n) is 6.50. The van der Waals surface area contributed by atoms with Gasteiger partial charge in [0.25, 0.3) is 11.3 Å². The molecule has 1 saturated heterocycles. The van der Waals surface area contributed by atoms with Crippen LogP contribution in [0.5, 0.6) is 0 Å². The van der Waals surface area contributed by atoms with Gasteiger partial charge in [0.15, 0.2) is 0 Å². The third-order valence-corrected chi connectivity index (χ3v) is 6.50. The molecule has 31 heavy (non-hydrogen) atoms. The largest absolute Gasteiger partial charge is 0.372 e. The highest BCUT2D eigenvalue weighted by Crippen LogP contribution is 2.33. The first-order valence-electron chi connectivity index (χ1n) is 11.1. The first kappa shape index (κ1) is 18.7. The van der Waals surface area contributed by atoms with Gasteiger partial charge in [-0.2, -0.15) is 14.6 Å². The molecular formula is C21H26N8O2. The van der Waals surface area contributed by atoms with Crippen LogP contribution < -0.4 is 15.4 Å². The van der Waals surface area contributed by atoms with Crippen molar-refractivity contribution in [1.82, 2.24) is 29.5 Å². The number of nitrogens with one attached hydrogen (secondary N) is 1. The average Bonchev–Trinajstić information content (AvgIpc) is 3.39. The summed E-state index contributed by atoms with van der Waals surface area (Å²) in [6.45, 7) is 6.85. The highest BCUT2D eigenvalue weighted by atomic mass is 16.5. The monoisotopic (exact) mass is 422 g/mol. The summed E-state index contributed by atoms with van der Waals surface area (Å²) in [7, 11) is 0. The lowest BCUT2D eigenvalue weighted by Gasteiger charge is -2.36. The summed E-state index contributed by atoms with van der Waals surface area (Å²) in [6, 6.07) is 0. The van der Waals surface area contributed by atoms with E-state index in [1.165, 1.54) is 5.56 Å². The molecule has 3 aliphatic rings.